The van der Waals surface area contributed by atoms with E-state index in [0.29, 0.717) is 6.54 Å². The van der Waals surface area contributed by atoms with Crippen LogP contribution >= 0.6 is 0 Å². The minimum atomic E-state index is -0.478. The van der Waals surface area contributed by atoms with Gasteiger partial charge in [-0.05, 0) is 6.42 Å². The molecule has 0 aromatic carbocycles. The number of urea groups is 1. The van der Waals surface area contributed by atoms with E-state index in [9.17, 15) is 4.79 Å². The zero-order chi connectivity index (χ0) is 7.98. The van der Waals surface area contributed by atoms with Crippen LogP contribution in [-0.4, -0.2) is 17.6 Å². The average Bonchev–Trinajstić information content (AvgIpc) is 1.98. The van der Waals surface area contributed by atoms with Gasteiger partial charge in [-0.3, -0.25) is 10.4 Å². The first-order valence-corrected chi connectivity index (χ1v) is 3.04. The summed E-state index contributed by atoms with van der Waals surface area (Å²) in [7, 11) is 0. The van der Waals surface area contributed by atoms with Gasteiger partial charge in [-0.25, -0.2) is 16.5 Å². The summed E-state index contributed by atoms with van der Waals surface area (Å²) >= 11 is 0. The first kappa shape index (κ1) is 9.19. The largest absolute Gasteiger partial charge is 0.345 e. The Bertz CT molecular complexity index is 106. The Morgan fingerprint density at radius 3 is 2.70 bits per heavy atom. The van der Waals surface area contributed by atoms with E-state index in [4.69, 9.17) is 11.7 Å². The summed E-state index contributed by atoms with van der Waals surface area (Å²) in [6.45, 7) is 4.08. The Hall–Kier alpha value is -0.810. The fraction of sp³-hybridized carbons (Fsp3) is 0.600. The second-order valence-electron chi connectivity index (χ2n) is 1.85. The zero-order valence-electron chi connectivity index (χ0n) is 5.84. The van der Waals surface area contributed by atoms with E-state index in [1.54, 1.807) is 0 Å². The molecular weight excluding hydrogens is 132 g/mol. The Morgan fingerprint density at radius 2 is 2.30 bits per heavy atom. The molecule has 5 nitrogen and oxygen atoms in total. The van der Waals surface area contributed by atoms with Crippen molar-refractivity contribution in [3.05, 3.63) is 6.92 Å². The number of hydrogen-bond donors (Lipinski definition) is 3. The SMILES string of the molecule is [CH2]CCCN(N)C(=O)NN. The summed E-state index contributed by atoms with van der Waals surface area (Å²) in [6, 6.07) is -0.478. The fourth-order valence-electron chi connectivity index (χ4n) is 0.467. The molecule has 59 valence electrons. The van der Waals surface area contributed by atoms with Gasteiger partial charge in [-0.15, -0.1) is 0 Å². The molecule has 10 heavy (non-hydrogen) atoms. The van der Waals surface area contributed by atoms with Crippen molar-refractivity contribution in [2.24, 2.45) is 11.7 Å². The Balaban J connectivity index is 3.41. The monoisotopic (exact) mass is 145 g/mol. The molecule has 5 N–H and O–H groups in total. The van der Waals surface area contributed by atoms with E-state index in [1.165, 1.54) is 0 Å². The van der Waals surface area contributed by atoms with Gasteiger partial charge >= 0.3 is 6.03 Å². The maximum Gasteiger partial charge on any atom is 0.345 e. The Kier molecular flexibility index (Phi) is 4.61. The van der Waals surface area contributed by atoms with Gasteiger partial charge in [0.1, 0.15) is 0 Å². The van der Waals surface area contributed by atoms with Crippen LogP contribution in [-0.2, 0) is 0 Å². The number of hydrazine groups is 2. The average molecular weight is 145 g/mol. The molecule has 0 aliphatic carbocycles. The van der Waals surface area contributed by atoms with Crippen molar-refractivity contribution in [2.45, 2.75) is 12.8 Å². The highest BCUT2D eigenvalue weighted by atomic mass is 16.2. The lowest BCUT2D eigenvalue weighted by Crippen LogP contribution is -2.47. The number of carbonyl (C=O) groups is 1. The molecule has 0 saturated heterocycles. The standard InChI is InChI=1S/C5H13N4O/c1-2-3-4-9(7)5(10)8-6/h1-4,6-7H2,(H,8,10). The maximum atomic E-state index is 10.6. The van der Waals surface area contributed by atoms with E-state index in [-0.39, 0.29) is 0 Å². The van der Waals surface area contributed by atoms with Gasteiger partial charge in [0.2, 0.25) is 0 Å². The number of nitrogens with zero attached hydrogens (tertiary/aromatic N) is 1. The van der Waals surface area contributed by atoms with Crippen LogP contribution < -0.4 is 17.1 Å². The maximum absolute atomic E-state index is 10.6. The molecule has 1 radical (unpaired) electrons. The second-order valence-corrected chi connectivity index (χ2v) is 1.85. The normalized spacial score (nSPS) is 9.10. The van der Waals surface area contributed by atoms with Crippen molar-refractivity contribution >= 4 is 6.03 Å². The van der Waals surface area contributed by atoms with E-state index < -0.39 is 6.03 Å². The molecule has 0 aromatic rings. The summed E-state index contributed by atoms with van der Waals surface area (Å²) in [5.74, 6) is 10.0. The van der Waals surface area contributed by atoms with Crippen molar-refractivity contribution in [1.29, 1.82) is 0 Å². The summed E-state index contributed by atoms with van der Waals surface area (Å²) in [4.78, 5) is 10.6. The van der Waals surface area contributed by atoms with E-state index in [2.05, 4.69) is 6.92 Å². The molecule has 0 aliphatic rings. The topological polar surface area (TPSA) is 84.4 Å². The van der Waals surface area contributed by atoms with Crippen LogP contribution in [0.2, 0.25) is 0 Å². The third kappa shape index (κ3) is 3.26. The molecule has 0 spiro atoms. The van der Waals surface area contributed by atoms with Crippen LogP contribution in [0, 0.1) is 6.92 Å². The van der Waals surface area contributed by atoms with Gasteiger partial charge in [-0.1, -0.05) is 13.3 Å². The van der Waals surface area contributed by atoms with Crippen LogP contribution in [0.5, 0.6) is 0 Å². The third-order valence-electron chi connectivity index (χ3n) is 1.03. The van der Waals surface area contributed by atoms with Crippen LogP contribution in [0.1, 0.15) is 12.8 Å². The molecule has 0 fully saturated rings. The molecule has 0 saturated carbocycles. The number of nitrogens with two attached hydrogens (primary N) is 2. The van der Waals surface area contributed by atoms with Gasteiger partial charge < -0.3 is 0 Å². The van der Waals surface area contributed by atoms with Crippen molar-refractivity contribution in [3.8, 4) is 0 Å². The molecule has 0 atom stereocenters. The highest BCUT2D eigenvalue weighted by Gasteiger charge is 2.03. The first-order chi connectivity index (χ1) is 4.72. The van der Waals surface area contributed by atoms with Crippen molar-refractivity contribution < 1.29 is 4.79 Å². The van der Waals surface area contributed by atoms with Crippen LogP contribution in [0.4, 0.5) is 4.79 Å². The quantitative estimate of drug-likeness (QED) is 0.280. The minimum Gasteiger partial charge on any atom is -0.275 e. The summed E-state index contributed by atoms with van der Waals surface area (Å²) < 4.78 is 0. The van der Waals surface area contributed by atoms with E-state index in [1.807, 2.05) is 5.43 Å². The van der Waals surface area contributed by atoms with Crippen molar-refractivity contribution in [3.63, 3.8) is 0 Å². The van der Waals surface area contributed by atoms with Gasteiger partial charge in [0.25, 0.3) is 0 Å². The van der Waals surface area contributed by atoms with Gasteiger partial charge in [0.15, 0.2) is 0 Å². The Labute approximate surface area is 60.3 Å². The zero-order valence-corrected chi connectivity index (χ0v) is 5.84. The van der Waals surface area contributed by atoms with Crippen LogP contribution in [0.3, 0.4) is 0 Å². The predicted molar refractivity (Wildman–Crippen MR) is 38.2 cm³/mol. The molecule has 0 aromatic heterocycles. The lowest BCUT2D eigenvalue weighted by molar-refractivity contribution is 0.198. The summed E-state index contributed by atoms with van der Waals surface area (Å²) in [5.41, 5.74) is 1.92. The fourth-order valence-corrected chi connectivity index (χ4v) is 0.467. The number of amides is 2. The first-order valence-electron chi connectivity index (χ1n) is 3.04. The molecule has 0 rings (SSSR count). The van der Waals surface area contributed by atoms with Crippen LogP contribution in [0.15, 0.2) is 0 Å². The van der Waals surface area contributed by atoms with Gasteiger partial charge in [0, 0.05) is 6.54 Å². The number of rotatable bonds is 3. The van der Waals surface area contributed by atoms with Gasteiger partial charge in [0.05, 0.1) is 0 Å². The molecule has 0 aliphatic heterocycles. The van der Waals surface area contributed by atoms with Crippen molar-refractivity contribution in [2.75, 3.05) is 6.54 Å². The number of hydrogen-bond acceptors (Lipinski definition) is 3. The predicted octanol–water partition coefficient (Wildman–Crippen LogP) is -0.640. The molecule has 0 unspecified atom stereocenters. The Morgan fingerprint density at radius 1 is 1.70 bits per heavy atom. The molecule has 0 bridgehead atoms. The second kappa shape index (κ2) is 5.01. The highest BCUT2D eigenvalue weighted by Crippen LogP contribution is 1.87. The summed E-state index contributed by atoms with van der Waals surface area (Å²) in [5, 5.41) is 1.02. The number of nitrogens with one attached hydrogen (secondary N) is 1. The molecule has 2 amide bonds. The lowest BCUT2D eigenvalue weighted by Gasteiger charge is -2.14. The smallest absolute Gasteiger partial charge is 0.275 e. The molecule has 5 heteroatoms. The molecule has 0 heterocycles. The number of unbranched alkanes of at least 4 members (excludes halogenated alkanes) is 1. The lowest BCUT2D eigenvalue weighted by atomic mass is 10.3. The van der Waals surface area contributed by atoms with Crippen LogP contribution in [0.25, 0.3) is 0 Å². The minimum absolute atomic E-state index is 0.478. The van der Waals surface area contributed by atoms with Gasteiger partial charge in [-0.2, -0.15) is 0 Å². The van der Waals surface area contributed by atoms with Crippen molar-refractivity contribution in [1.82, 2.24) is 10.4 Å². The summed E-state index contributed by atoms with van der Waals surface area (Å²) in [6.07, 6.45) is 1.54. The van der Waals surface area contributed by atoms with E-state index >= 15 is 0 Å². The molecular formula is C5H13N4O. The highest BCUT2D eigenvalue weighted by molar-refractivity contribution is 5.72. The third-order valence-corrected chi connectivity index (χ3v) is 1.03. The van der Waals surface area contributed by atoms with E-state index in [0.717, 1.165) is 17.9 Å². The number of carbonyl (C=O) groups excluding carboxylic acids is 1.